The number of halogens is 1. The van der Waals surface area contributed by atoms with Gasteiger partial charge >= 0.3 is 0 Å². The fraction of sp³-hybridized carbons (Fsp3) is 1.00. The monoisotopic (exact) mass is 327 g/mol. The van der Waals surface area contributed by atoms with Crippen LogP contribution in [0.1, 0.15) is 13.3 Å². The maximum Gasteiger partial charge on any atom is 0.216 e. The highest BCUT2D eigenvalue weighted by Gasteiger charge is 2.34. The molecule has 2 fully saturated rings. The molecule has 0 aliphatic carbocycles. The molecular weight excluding hydrogens is 302 g/mol. The summed E-state index contributed by atoms with van der Waals surface area (Å²) in [6.07, 6.45) is 0.952. The highest BCUT2D eigenvalue weighted by molar-refractivity contribution is 7.89. The zero-order chi connectivity index (χ0) is 13.7. The van der Waals surface area contributed by atoms with E-state index in [1.807, 2.05) is 6.92 Å². The maximum atomic E-state index is 12.2. The Bertz CT molecular complexity index is 374. The van der Waals surface area contributed by atoms with E-state index in [2.05, 4.69) is 10.2 Å². The lowest BCUT2D eigenvalue weighted by molar-refractivity contribution is 0.162. The highest BCUT2D eigenvalue weighted by atomic mass is 35.5. The molecule has 1 unspecified atom stereocenters. The van der Waals surface area contributed by atoms with Crippen LogP contribution in [0.3, 0.4) is 0 Å². The lowest BCUT2D eigenvalue weighted by Gasteiger charge is -2.32. The van der Waals surface area contributed by atoms with Gasteiger partial charge in [-0.1, -0.05) is 0 Å². The zero-order valence-electron chi connectivity index (χ0n) is 12.1. The van der Waals surface area contributed by atoms with Crippen LogP contribution in [0.15, 0.2) is 0 Å². The average molecular weight is 328 g/mol. The van der Waals surface area contributed by atoms with E-state index in [0.29, 0.717) is 32.3 Å². The molecular formula is C12H26ClN3O3S. The summed E-state index contributed by atoms with van der Waals surface area (Å²) >= 11 is 0. The second-order valence-corrected chi connectivity index (χ2v) is 7.19. The van der Waals surface area contributed by atoms with Crippen LogP contribution in [0.5, 0.6) is 0 Å². The van der Waals surface area contributed by atoms with Crippen molar-refractivity contribution in [3.63, 3.8) is 0 Å². The Morgan fingerprint density at radius 1 is 1.25 bits per heavy atom. The van der Waals surface area contributed by atoms with Crippen molar-refractivity contribution in [1.29, 1.82) is 0 Å². The van der Waals surface area contributed by atoms with Gasteiger partial charge in [0.05, 0.1) is 12.4 Å². The summed E-state index contributed by atoms with van der Waals surface area (Å²) in [6.45, 7) is 8.11. The number of hydrogen-bond donors (Lipinski definition) is 1. The summed E-state index contributed by atoms with van der Waals surface area (Å²) in [5, 5.41) is 3.32. The van der Waals surface area contributed by atoms with Crippen LogP contribution in [0.2, 0.25) is 0 Å². The predicted molar refractivity (Wildman–Crippen MR) is 81.9 cm³/mol. The molecule has 2 heterocycles. The van der Waals surface area contributed by atoms with Crippen LogP contribution in [0.4, 0.5) is 0 Å². The quantitative estimate of drug-likeness (QED) is 0.682. The minimum atomic E-state index is -3.14. The Morgan fingerprint density at radius 2 is 1.95 bits per heavy atom. The van der Waals surface area contributed by atoms with Crippen molar-refractivity contribution in [2.75, 3.05) is 58.2 Å². The van der Waals surface area contributed by atoms with Crippen molar-refractivity contribution in [3.8, 4) is 0 Å². The van der Waals surface area contributed by atoms with Crippen molar-refractivity contribution in [2.45, 2.75) is 19.4 Å². The lowest BCUT2D eigenvalue weighted by Crippen LogP contribution is -2.49. The minimum Gasteiger partial charge on any atom is -0.381 e. The molecule has 8 heteroatoms. The van der Waals surface area contributed by atoms with E-state index >= 15 is 0 Å². The third-order valence-corrected chi connectivity index (χ3v) is 5.68. The van der Waals surface area contributed by atoms with Gasteiger partial charge in [0.15, 0.2) is 0 Å². The number of piperazine rings is 1. The molecule has 0 bridgehead atoms. The summed E-state index contributed by atoms with van der Waals surface area (Å²) in [7, 11) is -3.14. The van der Waals surface area contributed by atoms with Gasteiger partial charge in [-0.05, 0) is 13.3 Å². The number of rotatable bonds is 6. The van der Waals surface area contributed by atoms with Crippen LogP contribution in [-0.2, 0) is 14.8 Å². The molecule has 0 aromatic heterocycles. The third kappa shape index (κ3) is 4.82. The Hall–Kier alpha value is 0.0800. The molecule has 0 radical (unpaired) electrons. The number of hydrogen-bond acceptors (Lipinski definition) is 5. The van der Waals surface area contributed by atoms with Gasteiger partial charge in [-0.3, -0.25) is 4.90 Å². The maximum absolute atomic E-state index is 12.2. The largest absolute Gasteiger partial charge is 0.381 e. The molecule has 0 amide bonds. The Kier molecular flexibility index (Phi) is 7.71. The summed E-state index contributed by atoms with van der Waals surface area (Å²) in [6, 6.07) is 0.393. The Labute approximate surface area is 128 Å². The van der Waals surface area contributed by atoms with Gasteiger partial charge < -0.3 is 10.1 Å². The first-order valence-corrected chi connectivity index (χ1v) is 8.74. The van der Waals surface area contributed by atoms with Crippen molar-refractivity contribution in [1.82, 2.24) is 14.5 Å². The topological polar surface area (TPSA) is 61.9 Å². The molecule has 2 aliphatic heterocycles. The van der Waals surface area contributed by atoms with E-state index in [-0.39, 0.29) is 18.2 Å². The fourth-order valence-corrected chi connectivity index (χ4v) is 4.12. The van der Waals surface area contributed by atoms with E-state index in [4.69, 9.17) is 4.74 Å². The standard InChI is InChI=1S/C12H25N3O3S.ClH/c1-2-18-9-10-19(16,17)15-6-3-12(11-15)14-7-4-13-5-8-14;/h12-13H,2-11H2,1H3;1H. The second-order valence-electron chi connectivity index (χ2n) is 5.10. The molecule has 0 aromatic carbocycles. The van der Waals surface area contributed by atoms with E-state index < -0.39 is 10.0 Å². The molecule has 1 N–H and O–H groups in total. The molecule has 20 heavy (non-hydrogen) atoms. The smallest absolute Gasteiger partial charge is 0.216 e. The van der Waals surface area contributed by atoms with Crippen molar-refractivity contribution in [3.05, 3.63) is 0 Å². The fourth-order valence-electron chi connectivity index (χ4n) is 2.75. The molecule has 6 nitrogen and oxygen atoms in total. The molecule has 1 atom stereocenters. The van der Waals surface area contributed by atoms with Gasteiger partial charge in [0.2, 0.25) is 10.0 Å². The zero-order valence-corrected chi connectivity index (χ0v) is 13.7. The number of sulfonamides is 1. The van der Waals surface area contributed by atoms with Crippen molar-refractivity contribution in [2.24, 2.45) is 0 Å². The Balaban J connectivity index is 0.00000200. The molecule has 0 aromatic rings. The third-order valence-electron chi connectivity index (χ3n) is 3.88. The van der Waals surface area contributed by atoms with E-state index in [1.54, 1.807) is 4.31 Å². The number of ether oxygens (including phenoxy) is 1. The van der Waals surface area contributed by atoms with Crippen molar-refractivity contribution >= 4 is 22.4 Å². The lowest BCUT2D eigenvalue weighted by atomic mass is 10.2. The first kappa shape index (κ1) is 18.1. The summed E-state index contributed by atoms with van der Waals surface area (Å²) in [4.78, 5) is 2.41. The predicted octanol–water partition coefficient (Wildman–Crippen LogP) is -0.246. The van der Waals surface area contributed by atoms with Crippen LogP contribution >= 0.6 is 12.4 Å². The molecule has 2 saturated heterocycles. The van der Waals surface area contributed by atoms with Gasteiger partial charge in [0.1, 0.15) is 0 Å². The first-order valence-electron chi connectivity index (χ1n) is 7.14. The van der Waals surface area contributed by atoms with Gasteiger partial charge in [-0.25, -0.2) is 12.7 Å². The van der Waals surface area contributed by atoms with Crippen LogP contribution in [0.25, 0.3) is 0 Å². The summed E-state index contributed by atoms with van der Waals surface area (Å²) in [5.41, 5.74) is 0. The minimum absolute atomic E-state index is 0. The normalized spacial score (nSPS) is 25.6. The number of nitrogens with zero attached hydrogens (tertiary/aromatic N) is 2. The van der Waals surface area contributed by atoms with E-state index in [9.17, 15) is 8.42 Å². The van der Waals surface area contributed by atoms with Crippen LogP contribution in [-0.4, -0.2) is 81.9 Å². The van der Waals surface area contributed by atoms with E-state index in [1.165, 1.54) is 0 Å². The Morgan fingerprint density at radius 3 is 2.60 bits per heavy atom. The van der Waals surface area contributed by atoms with Gasteiger partial charge in [0, 0.05) is 51.9 Å². The molecule has 0 spiro atoms. The molecule has 0 saturated carbocycles. The van der Waals surface area contributed by atoms with Gasteiger partial charge in [0.25, 0.3) is 0 Å². The summed E-state index contributed by atoms with van der Waals surface area (Å²) in [5.74, 6) is 0.106. The first-order chi connectivity index (χ1) is 9.13. The van der Waals surface area contributed by atoms with E-state index in [0.717, 1.165) is 32.6 Å². The van der Waals surface area contributed by atoms with Gasteiger partial charge in [-0.2, -0.15) is 0 Å². The van der Waals surface area contributed by atoms with Gasteiger partial charge in [-0.15, -0.1) is 12.4 Å². The summed E-state index contributed by atoms with van der Waals surface area (Å²) < 4.78 is 31.1. The number of nitrogens with one attached hydrogen (secondary N) is 1. The molecule has 120 valence electrons. The average Bonchev–Trinajstić information content (AvgIpc) is 2.90. The van der Waals surface area contributed by atoms with Crippen molar-refractivity contribution < 1.29 is 13.2 Å². The SMILES string of the molecule is CCOCCS(=O)(=O)N1CCC(N2CCNCC2)C1.Cl. The second kappa shape index (κ2) is 8.51. The van der Waals surface area contributed by atoms with Crippen LogP contribution in [0, 0.1) is 0 Å². The molecule has 2 rings (SSSR count). The highest BCUT2D eigenvalue weighted by Crippen LogP contribution is 2.19. The molecule has 2 aliphatic rings. The van der Waals surface area contributed by atoms with Crippen LogP contribution < -0.4 is 5.32 Å².